The molecule has 1 aromatic carbocycles. The maximum absolute atomic E-state index is 12.8. The predicted molar refractivity (Wildman–Crippen MR) is 98.6 cm³/mol. The predicted octanol–water partition coefficient (Wildman–Crippen LogP) is 3.51. The zero-order valence-electron chi connectivity index (χ0n) is 16.0. The van der Waals surface area contributed by atoms with Crippen LogP contribution in [0.4, 0.5) is 13.2 Å². The highest BCUT2D eigenvalue weighted by Crippen LogP contribution is 2.31. The number of carbonyl (C=O) groups excluding carboxylic acids is 1. The van der Waals surface area contributed by atoms with Crippen LogP contribution in [-0.4, -0.2) is 46.6 Å². The monoisotopic (exact) mass is 409 g/mol. The van der Waals surface area contributed by atoms with Gasteiger partial charge in [-0.2, -0.15) is 13.2 Å². The Bertz CT molecular complexity index is 828. The Morgan fingerprint density at radius 2 is 2.03 bits per heavy atom. The third-order valence-electron chi connectivity index (χ3n) is 4.62. The molecule has 6 nitrogen and oxygen atoms in total. The Labute approximate surface area is 166 Å². The number of hydrogen-bond donors (Lipinski definition) is 0. The van der Waals surface area contributed by atoms with Gasteiger partial charge in [-0.05, 0) is 43.0 Å². The van der Waals surface area contributed by atoms with Gasteiger partial charge in [0.05, 0.1) is 12.1 Å². The molecule has 0 saturated carbocycles. The van der Waals surface area contributed by atoms with Crippen LogP contribution < -0.4 is 9.47 Å². The maximum Gasteiger partial charge on any atom is 0.416 e. The van der Waals surface area contributed by atoms with Crippen LogP contribution in [0.25, 0.3) is 0 Å². The number of benzene rings is 1. The number of hydrogen-bond acceptors (Lipinski definition) is 5. The highest BCUT2D eigenvalue weighted by atomic mass is 19.4. The van der Waals surface area contributed by atoms with Crippen molar-refractivity contribution in [2.75, 3.05) is 19.7 Å². The molecule has 2 heterocycles. The number of rotatable bonds is 6. The molecule has 1 aromatic heterocycles. The molecule has 0 spiro atoms. The molecular formula is C20H22F3N3O3. The average Bonchev–Trinajstić information content (AvgIpc) is 2.72. The first-order chi connectivity index (χ1) is 13.8. The van der Waals surface area contributed by atoms with E-state index in [2.05, 4.69) is 9.97 Å². The molecule has 1 saturated heterocycles. The van der Waals surface area contributed by atoms with Crippen LogP contribution in [0.2, 0.25) is 0 Å². The molecule has 1 atom stereocenters. The Morgan fingerprint density at radius 3 is 2.72 bits per heavy atom. The van der Waals surface area contributed by atoms with Crippen molar-refractivity contribution in [3.8, 4) is 11.8 Å². The van der Waals surface area contributed by atoms with Crippen molar-refractivity contribution in [3.63, 3.8) is 0 Å². The molecule has 0 aliphatic carbocycles. The Balaban J connectivity index is 1.53. The second-order valence-corrected chi connectivity index (χ2v) is 6.76. The standard InChI is InChI=1S/C20H22F3N3O3/c1-2-14-10-24-19(25-11-14)29-17-7-4-8-26(12-17)18(27)13-28-16-6-3-5-15(9-16)20(21,22)23/h3,5-6,9-11,17H,2,4,7-8,12-13H2,1H3. The van der Waals surface area contributed by atoms with Gasteiger partial charge in [-0.25, -0.2) is 9.97 Å². The highest BCUT2D eigenvalue weighted by molar-refractivity contribution is 5.77. The summed E-state index contributed by atoms with van der Waals surface area (Å²) in [4.78, 5) is 22.3. The second-order valence-electron chi connectivity index (χ2n) is 6.76. The molecule has 1 aliphatic rings. The van der Waals surface area contributed by atoms with Gasteiger partial charge in [-0.15, -0.1) is 0 Å². The first kappa shape index (κ1) is 20.9. The van der Waals surface area contributed by atoms with Crippen LogP contribution in [0.3, 0.4) is 0 Å². The quantitative estimate of drug-likeness (QED) is 0.731. The lowest BCUT2D eigenvalue weighted by atomic mass is 10.1. The van der Waals surface area contributed by atoms with Crippen LogP contribution in [0.5, 0.6) is 11.8 Å². The summed E-state index contributed by atoms with van der Waals surface area (Å²) in [6.45, 7) is 2.56. The largest absolute Gasteiger partial charge is 0.484 e. The van der Waals surface area contributed by atoms with Crippen molar-refractivity contribution in [2.45, 2.75) is 38.5 Å². The lowest BCUT2D eigenvalue weighted by Gasteiger charge is -2.32. The topological polar surface area (TPSA) is 64.5 Å². The van der Waals surface area contributed by atoms with Crippen molar-refractivity contribution >= 4 is 5.91 Å². The van der Waals surface area contributed by atoms with Crippen LogP contribution >= 0.6 is 0 Å². The average molecular weight is 409 g/mol. The fraction of sp³-hybridized carbons (Fsp3) is 0.450. The number of alkyl halides is 3. The number of aryl methyl sites for hydroxylation is 1. The minimum absolute atomic E-state index is 0.00222. The van der Waals surface area contributed by atoms with Gasteiger partial charge in [0, 0.05) is 18.9 Å². The smallest absolute Gasteiger partial charge is 0.416 e. The molecule has 1 amide bonds. The van der Waals surface area contributed by atoms with Crippen molar-refractivity contribution in [1.29, 1.82) is 0 Å². The van der Waals surface area contributed by atoms with Gasteiger partial charge in [0.25, 0.3) is 5.91 Å². The SMILES string of the molecule is CCc1cnc(OC2CCCN(C(=O)COc3cccc(C(F)(F)F)c3)C2)nc1. The summed E-state index contributed by atoms with van der Waals surface area (Å²) in [5.74, 6) is -0.305. The van der Waals surface area contributed by atoms with E-state index in [1.54, 1.807) is 17.3 Å². The van der Waals surface area contributed by atoms with Gasteiger partial charge in [0.15, 0.2) is 6.61 Å². The molecule has 29 heavy (non-hydrogen) atoms. The van der Waals surface area contributed by atoms with Gasteiger partial charge in [-0.3, -0.25) is 4.79 Å². The molecule has 0 bridgehead atoms. The molecule has 3 rings (SSSR count). The molecule has 0 N–H and O–H groups in total. The van der Waals surface area contributed by atoms with E-state index >= 15 is 0 Å². The first-order valence-electron chi connectivity index (χ1n) is 9.40. The first-order valence-corrected chi connectivity index (χ1v) is 9.40. The van der Waals surface area contributed by atoms with E-state index in [1.165, 1.54) is 12.1 Å². The fourth-order valence-electron chi connectivity index (χ4n) is 2.99. The Kier molecular flexibility index (Phi) is 6.56. The number of aromatic nitrogens is 2. The van der Waals surface area contributed by atoms with Gasteiger partial charge < -0.3 is 14.4 Å². The Morgan fingerprint density at radius 1 is 1.28 bits per heavy atom. The van der Waals surface area contributed by atoms with Crippen LogP contribution in [0, 0.1) is 0 Å². The fourth-order valence-corrected chi connectivity index (χ4v) is 2.99. The highest BCUT2D eigenvalue weighted by Gasteiger charge is 2.31. The number of ether oxygens (including phenoxy) is 2. The lowest BCUT2D eigenvalue weighted by molar-refractivity contribution is -0.137. The zero-order chi connectivity index (χ0) is 20.9. The molecule has 2 aromatic rings. The van der Waals surface area contributed by atoms with Gasteiger partial charge >= 0.3 is 12.2 Å². The number of likely N-dealkylation sites (tertiary alicyclic amines) is 1. The number of piperidine rings is 1. The van der Waals surface area contributed by atoms with Crippen LogP contribution in [0.15, 0.2) is 36.7 Å². The molecule has 0 radical (unpaired) electrons. The summed E-state index contributed by atoms with van der Waals surface area (Å²) < 4.78 is 49.3. The van der Waals surface area contributed by atoms with E-state index in [-0.39, 0.29) is 30.4 Å². The van der Waals surface area contributed by atoms with E-state index < -0.39 is 11.7 Å². The van der Waals surface area contributed by atoms with Crippen LogP contribution in [-0.2, 0) is 17.4 Å². The van der Waals surface area contributed by atoms with Crippen LogP contribution in [0.1, 0.15) is 30.9 Å². The Hall–Kier alpha value is -2.84. The minimum Gasteiger partial charge on any atom is -0.484 e. The lowest BCUT2D eigenvalue weighted by Crippen LogP contribution is -2.46. The number of carbonyl (C=O) groups is 1. The van der Waals surface area contributed by atoms with E-state index in [9.17, 15) is 18.0 Å². The van der Waals surface area contributed by atoms with Gasteiger partial charge in [-0.1, -0.05) is 13.0 Å². The van der Waals surface area contributed by atoms with Crippen molar-refractivity contribution < 1.29 is 27.4 Å². The van der Waals surface area contributed by atoms with Crippen molar-refractivity contribution in [3.05, 3.63) is 47.8 Å². The summed E-state index contributed by atoms with van der Waals surface area (Å²) in [7, 11) is 0. The summed E-state index contributed by atoms with van der Waals surface area (Å²) in [5.41, 5.74) is 0.188. The minimum atomic E-state index is -4.46. The van der Waals surface area contributed by atoms with E-state index in [0.717, 1.165) is 37.0 Å². The van der Waals surface area contributed by atoms with E-state index in [1.807, 2.05) is 6.92 Å². The molecule has 1 aliphatic heterocycles. The van der Waals surface area contributed by atoms with E-state index in [4.69, 9.17) is 9.47 Å². The number of halogens is 3. The molecule has 1 fully saturated rings. The molecule has 1 unspecified atom stereocenters. The van der Waals surface area contributed by atoms with Gasteiger partial charge in [0.1, 0.15) is 11.9 Å². The summed E-state index contributed by atoms with van der Waals surface area (Å²) in [6, 6.07) is 4.74. The third kappa shape index (κ3) is 5.82. The maximum atomic E-state index is 12.8. The summed E-state index contributed by atoms with van der Waals surface area (Å²) in [6.07, 6.45) is 1.04. The summed E-state index contributed by atoms with van der Waals surface area (Å²) >= 11 is 0. The number of amides is 1. The summed E-state index contributed by atoms with van der Waals surface area (Å²) in [5, 5.41) is 0. The van der Waals surface area contributed by atoms with Crippen molar-refractivity contribution in [1.82, 2.24) is 14.9 Å². The van der Waals surface area contributed by atoms with E-state index in [0.29, 0.717) is 13.1 Å². The molecular weight excluding hydrogens is 387 g/mol. The molecule has 156 valence electrons. The normalized spacial score (nSPS) is 17.1. The van der Waals surface area contributed by atoms with Crippen molar-refractivity contribution in [2.24, 2.45) is 0 Å². The molecule has 9 heteroatoms. The third-order valence-corrected chi connectivity index (χ3v) is 4.62. The zero-order valence-corrected chi connectivity index (χ0v) is 16.0. The number of nitrogens with zero attached hydrogens (tertiary/aromatic N) is 3. The van der Waals surface area contributed by atoms with Gasteiger partial charge in [0.2, 0.25) is 0 Å². The second kappa shape index (κ2) is 9.11.